The summed E-state index contributed by atoms with van der Waals surface area (Å²) < 4.78 is 11.1. The van der Waals surface area contributed by atoms with Gasteiger partial charge < -0.3 is 32.4 Å². The van der Waals surface area contributed by atoms with Crippen LogP contribution < -0.4 is 32.4 Å². The van der Waals surface area contributed by atoms with Crippen molar-refractivity contribution < 1.29 is 9.47 Å². The van der Waals surface area contributed by atoms with Crippen molar-refractivity contribution in [1.29, 1.82) is 0 Å². The van der Waals surface area contributed by atoms with Gasteiger partial charge in [0, 0.05) is 0 Å². The Morgan fingerprint density at radius 3 is 1.25 bits per heavy atom. The zero-order chi connectivity index (χ0) is 18.1. The maximum Gasteiger partial charge on any atom is 0.230 e. The summed E-state index contributed by atoms with van der Waals surface area (Å²) in [4.78, 5) is 7.88. The first-order chi connectivity index (χ1) is 12.0. The van der Waals surface area contributed by atoms with Gasteiger partial charge in [-0.05, 0) is 35.4 Å². The molecule has 0 saturated carbocycles. The van der Waals surface area contributed by atoms with E-state index in [4.69, 9.17) is 32.4 Å². The summed E-state index contributed by atoms with van der Waals surface area (Å²) >= 11 is 0. The van der Waals surface area contributed by atoms with Gasteiger partial charge in [0.2, 0.25) is 6.79 Å². The van der Waals surface area contributed by atoms with E-state index in [9.17, 15) is 0 Å². The van der Waals surface area contributed by atoms with Crippen LogP contribution in [-0.4, -0.2) is 18.7 Å². The van der Waals surface area contributed by atoms with Crippen molar-refractivity contribution in [2.45, 2.75) is 20.5 Å². The molecular formula is C18H28Cl2N6O2. The molecule has 0 aliphatic heterocycles. The number of halogens is 2. The van der Waals surface area contributed by atoms with Crippen LogP contribution in [-0.2, 0) is 13.1 Å². The van der Waals surface area contributed by atoms with Crippen LogP contribution in [0.1, 0.15) is 18.6 Å². The van der Waals surface area contributed by atoms with Crippen LogP contribution in [0.15, 0.2) is 58.5 Å². The van der Waals surface area contributed by atoms with Crippen LogP contribution in [0, 0.1) is 0 Å². The monoisotopic (exact) mass is 430 g/mol. The lowest BCUT2D eigenvalue weighted by Gasteiger charge is -2.09. The van der Waals surface area contributed by atoms with E-state index in [1.807, 2.05) is 48.5 Å². The van der Waals surface area contributed by atoms with E-state index in [2.05, 4.69) is 9.98 Å². The van der Waals surface area contributed by atoms with Crippen LogP contribution in [0.4, 0.5) is 0 Å². The number of ether oxygens (including phenoxy) is 2. The topological polar surface area (TPSA) is 147 Å². The molecule has 10 heteroatoms. The van der Waals surface area contributed by atoms with Gasteiger partial charge >= 0.3 is 0 Å². The number of aliphatic imine (C=N–C) groups is 2. The molecule has 156 valence electrons. The number of hydrogen-bond donors (Lipinski definition) is 4. The summed E-state index contributed by atoms with van der Waals surface area (Å²) in [6.07, 6.45) is 0. The van der Waals surface area contributed by atoms with Crippen LogP contribution in [0.2, 0.25) is 0 Å². The SMILES string of the molecule is C.Cl.Cl.NC(N)=NCc1ccc(OCOc2ccc(CN=C(N)N)cc2)cc1. The van der Waals surface area contributed by atoms with Gasteiger partial charge in [0.1, 0.15) is 11.5 Å². The van der Waals surface area contributed by atoms with Crippen LogP contribution in [0.5, 0.6) is 11.5 Å². The molecule has 0 saturated heterocycles. The molecule has 8 nitrogen and oxygen atoms in total. The average Bonchev–Trinajstić information content (AvgIpc) is 2.60. The molecule has 0 unspecified atom stereocenters. The van der Waals surface area contributed by atoms with Crippen molar-refractivity contribution in [3.05, 3.63) is 59.7 Å². The quantitative estimate of drug-likeness (QED) is 0.286. The Labute approximate surface area is 177 Å². The van der Waals surface area contributed by atoms with Gasteiger partial charge in [-0.15, -0.1) is 24.8 Å². The summed E-state index contributed by atoms with van der Waals surface area (Å²) in [5.74, 6) is 1.52. The predicted octanol–water partition coefficient (Wildman–Crippen LogP) is 2.13. The second kappa shape index (κ2) is 14.2. The molecule has 0 heterocycles. The number of nitrogens with zero attached hydrogens (tertiary/aromatic N) is 2. The summed E-state index contributed by atoms with van der Waals surface area (Å²) in [5.41, 5.74) is 23.2. The number of rotatable bonds is 8. The van der Waals surface area contributed by atoms with Gasteiger partial charge in [-0.2, -0.15) is 0 Å². The fraction of sp³-hybridized carbons (Fsp3) is 0.222. The molecular weight excluding hydrogens is 403 g/mol. The highest BCUT2D eigenvalue weighted by atomic mass is 35.5. The summed E-state index contributed by atoms with van der Waals surface area (Å²) in [5, 5.41) is 0. The minimum absolute atomic E-state index is 0. The van der Waals surface area contributed by atoms with E-state index >= 15 is 0 Å². The van der Waals surface area contributed by atoms with E-state index in [0.717, 1.165) is 11.1 Å². The highest BCUT2D eigenvalue weighted by Gasteiger charge is 1.98. The van der Waals surface area contributed by atoms with Gasteiger partial charge in [0.15, 0.2) is 11.9 Å². The maximum absolute atomic E-state index is 5.54. The first-order valence-corrected chi connectivity index (χ1v) is 7.57. The van der Waals surface area contributed by atoms with Crippen molar-refractivity contribution in [3.63, 3.8) is 0 Å². The first-order valence-electron chi connectivity index (χ1n) is 7.57. The Kier molecular flexibility index (Phi) is 13.9. The molecule has 0 aliphatic carbocycles. The third-order valence-electron chi connectivity index (χ3n) is 3.19. The van der Waals surface area contributed by atoms with Crippen molar-refractivity contribution >= 4 is 36.7 Å². The number of nitrogens with two attached hydrogens (primary N) is 4. The average molecular weight is 431 g/mol. The minimum atomic E-state index is 0. The lowest BCUT2D eigenvalue weighted by molar-refractivity contribution is 0.120. The normalized spacial score (nSPS) is 8.86. The molecule has 0 radical (unpaired) electrons. The van der Waals surface area contributed by atoms with E-state index in [1.165, 1.54) is 0 Å². The Bertz CT molecular complexity index is 665. The number of benzene rings is 2. The van der Waals surface area contributed by atoms with Gasteiger partial charge in [-0.1, -0.05) is 31.7 Å². The van der Waals surface area contributed by atoms with E-state index in [-0.39, 0.29) is 51.0 Å². The standard InChI is InChI=1S/C17H22N6O2.CH4.2ClH/c18-16(19)22-9-12-1-5-14(6-2-12)24-11-25-15-7-3-13(4-8-15)10-23-17(20)21;;;/h1-8H,9-11H2,(H4,18,19,22)(H4,20,21,23);1H4;2*1H. The zero-order valence-electron chi connectivity index (χ0n) is 14.6. The second-order valence-electron chi connectivity index (χ2n) is 5.18. The molecule has 28 heavy (non-hydrogen) atoms. The largest absolute Gasteiger partial charge is 0.458 e. The first kappa shape index (κ1) is 27.4. The number of hydrogen-bond acceptors (Lipinski definition) is 4. The lowest BCUT2D eigenvalue weighted by Crippen LogP contribution is -2.22. The predicted molar refractivity (Wildman–Crippen MR) is 119 cm³/mol. The second-order valence-corrected chi connectivity index (χ2v) is 5.18. The third kappa shape index (κ3) is 10.3. The molecule has 0 aliphatic rings. The Hall–Kier alpha value is -2.84. The Balaban J connectivity index is 0. The molecule has 2 rings (SSSR count). The fourth-order valence-electron chi connectivity index (χ4n) is 1.91. The molecule has 0 fully saturated rings. The minimum Gasteiger partial charge on any atom is -0.458 e. The van der Waals surface area contributed by atoms with Crippen LogP contribution in [0.3, 0.4) is 0 Å². The third-order valence-corrected chi connectivity index (χ3v) is 3.19. The molecule has 0 spiro atoms. The van der Waals surface area contributed by atoms with Gasteiger partial charge in [-0.25, -0.2) is 9.98 Å². The highest BCUT2D eigenvalue weighted by molar-refractivity contribution is 5.85. The fourth-order valence-corrected chi connectivity index (χ4v) is 1.91. The summed E-state index contributed by atoms with van der Waals surface area (Å²) in [7, 11) is 0. The van der Waals surface area contributed by atoms with Crippen LogP contribution >= 0.6 is 24.8 Å². The van der Waals surface area contributed by atoms with Gasteiger partial charge in [0.05, 0.1) is 13.1 Å². The van der Waals surface area contributed by atoms with Crippen molar-refractivity contribution in [2.24, 2.45) is 32.9 Å². The molecule has 0 amide bonds. The Morgan fingerprint density at radius 2 is 0.964 bits per heavy atom. The van der Waals surface area contributed by atoms with E-state index in [0.29, 0.717) is 24.6 Å². The van der Waals surface area contributed by atoms with Crippen molar-refractivity contribution in [3.8, 4) is 11.5 Å². The molecule has 8 N–H and O–H groups in total. The highest BCUT2D eigenvalue weighted by Crippen LogP contribution is 2.15. The van der Waals surface area contributed by atoms with Gasteiger partial charge in [0.25, 0.3) is 0 Å². The summed E-state index contributed by atoms with van der Waals surface area (Å²) in [6.45, 7) is 0.969. The van der Waals surface area contributed by atoms with Gasteiger partial charge in [-0.3, -0.25) is 0 Å². The zero-order valence-corrected chi connectivity index (χ0v) is 16.2. The Morgan fingerprint density at radius 1 is 0.643 bits per heavy atom. The molecule has 0 atom stereocenters. The van der Waals surface area contributed by atoms with Crippen molar-refractivity contribution in [1.82, 2.24) is 0 Å². The van der Waals surface area contributed by atoms with Crippen LogP contribution in [0.25, 0.3) is 0 Å². The maximum atomic E-state index is 5.54. The summed E-state index contributed by atoms with van der Waals surface area (Å²) in [6, 6.07) is 14.9. The molecule has 0 bridgehead atoms. The van der Waals surface area contributed by atoms with Crippen molar-refractivity contribution in [2.75, 3.05) is 6.79 Å². The number of guanidine groups is 2. The smallest absolute Gasteiger partial charge is 0.230 e. The molecule has 2 aromatic rings. The van der Waals surface area contributed by atoms with E-state index < -0.39 is 0 Å². The molecule has 0 aromatic heterocycles. The van der Waals surface area contributed by atoms with E-state index in [1.54, 1.807) is 0 Å². The molecule has 2 aromatic carbocycles. The lowest BCUT2D eigenvalue weighted by atomic mass is 10.2.